The third-order valence-electron chi connectivity index (χ3n) is 4.05. The van der Waals surface area contributed by atoms with Gasteiger partial charge in [-0.1, -0.05) is 11.6 Å². The van der Waals surface area contributed by atoms with Gasteiger partial charge in [-0.05, 0) is 43.3 Å². The highest BCUT2D eigenvalue weighted by Gasteiger charge is 2.14. The Kier molecular flexibility index (Phi) is 6.74. The van der Waals surface area contributed by atoms with Crippen molar-refractivity contribution >= 4 is 17.5 Å². The van der Waals surface area contributed by atoms with Gasteiger partial charge in [0.05, 0.1) is 14.2 Å². The van der Waals surface area contributed by atoms with Crippen molar-refractivity contribution < 1.29 is 19.2 Å². The summed E-state index contributed by atoms with van der Waals surface area (Å²) in [7, 11) is 5.20. The lowest BCUT2D eigenvalue weighted by Gasteiger charge is -2.16. The van der Waals surface area contributed by atoms with Gasteiger partial charge in [0, 0.05) is 23.9 Å². The van der Waals surface area contributed by atoms with E-state index in [1.54, 1.807) is 38.4 Å². The fraction of sp³-hybridized carbons (Fsp3) is 0.300. The lowest BCUT2D eigenvalue weighted by Crippen LogP contribution is -3.08. The number of carbonyl (C=O) groups excluding carboxylic acids is 2. The fourth-order valence-electron chi connectivity index (χ4n) is 2.76. The maximum absolute atomic E-state index is 12.3. The molecule has 138 valence electrons. The number of likely N-dealkylation sites (N-methyl/N-ethyl adjacent to an activating group) is 1. The van der Waals surface area contributed by atoms with Gasteiger partial charge in [0.1, 0.15) is 12.3 Å². The number of carbonyl (C=O) groups is 2. The summed E-state index contributed by atoms with van der Waals surface area (Å²) in [6, 6.07) is 12.9. The Balaban J connectivity index is 1.93. The second kappa shape index (κ2) is 9.01. The van der Waals surface area contributed by atoms with E-state index in [1.807, 2.05) is 26.1 Å². The summed E-state index contributed by atoms with van der Waals surface area (Å²) in [4.78, 5) is 24.8. The number of methoxy groups -OCH3 is 1. The first-order valence-electron chi connectivity index (χ1n) is 8.49. The van der Waals surface area contributed by atoms with E-state index in [2.05, 4.69) is 16.7 Å². The number of hydrogen-bond acceptors (Lipinski definition) is 3. The first-order valence-corrected chi connectivity index (χ1v) is 8.49. The van der Waals surface area contributed by atoms with E-state index in [0.29, 0.717) is 24.3 Å². The van der Waals surface area contributed by atoms with Gasteiger partial charge >= 0.3 is 0 Å². The van der Waals surface area contributed by atoms with Crippen LogP contribution >= 0.6 is 0 Å². The number of amides is 2. The molecule has 2 aromatic rings. The van der Waals surface area contributed by atoms with Crippen LogP contribution in [0.5, 0.6) is 5.75 Å². The van der Waals surface area contributed by atoms with Crippen molar-refractivity contribution in [2.75, 3.05) is 33.1 Å². The molecule has 1 atom stereocenters. The van der Waals surface area contributed by atoms with E-state index >= 15 is 0 Å². The molecule has 0 aliphatic carbocycles. The molecule has 0 aliphatic rings. The summed E-state index contributed by atoms with van der Waals surface area (Å²) in [6.07, 6.45) is 0. The van der Waals surface area contributed by atoms with Crippen LogP contribution in [-0.4, -0.2) is 39.6 Å². The lowest BCUT2D eigenvalue weighted by molar-refractivity contribution is -0.885. The molecular weight excluding hydrogens is 330 g/mol. The zero-order valence-corrected chi connectivity index (χ0v) is 15.7. The van der Waals surface area contributed by atoms with Crippen molar-refractivity contribution in [3.05, 3.63) is 59.2 Å². The minimum atomic E-state index is -0.154. The van der Waals surface area contributed by atoms with Gasteiger partial charge in [0.2, 0.25) is 0 Å². The molecule has 0 bridgehead atoms. The van der Waals surface area contributed by atoms with E-state index in [0.717, 1.165) is 21.8 Å². The number of anilines is 1. The molecule has 0 spiro atoms. The number of rotatable bonds is 7. The molecule has 0 radical (unpaired) electrons. The SMILES string of the molecule is CNC(=O)c1ccc(NC(=O)C[NH+](C)Cc2cc(C)ccc2OC)cc1. The highest BCUT2D eigenvalue weighted by Crippen LogP contribution is 2.18. The van der Waals surface area contributed by atoms with Crippen molar-refractivity contribution in [2.45, 2.75) is 13.5 Å². The Morgan fingerprint density at radius 2 is 1.81 bits per heavy atom. The summed E-state index contributed by atoms with van der Waals surface area (Å²) in [6.45, 7) is 3.05. The first-order chi connectivity index (χ1) is 12.4. The average molecular weight is 356 g/mol. The van der Waals surface area contributed by atoms with Crippen LogP contribution in [0.15, 0.2) is 42.5 Å². The Labute approximate surface area is 154 Å². The Morgan fingerprint density at radius 1 is 1.12 bits per heavy atom. The fourth-order valence-corrected chi connectivity index (χ4v) is 2.76. The van der Waals surface area contributed by atoms with Crippen molar-refractivity contribution in [2.24, 2.45) is 0 Å². The van der Waals surface area contributed by atoms with Gasteiger partial charge in [-0.2, -0.15) is 0 Å². The topological polar surface area (TPSA) is 71.9 Å². The van der Waals surface area contributed by atoms with E-state index in [9.17, 15) is 9.59 Å². The van der Waals surface area contributed by atoms with Crippen LogP contribution < -0.4 is 20.3 Å². The normalized spacial score (nSPS) is 11.5. The molecule has 2 rings (SSSR count). The molecule has 6 heteroatoms. The number of nitrogens with one attached hydrogen (secondary N) is 3. The molecule has 3 N–H and O–H groups in total. The van der Waals surface area contributed by atoms with Gasteiger partial charge in [-0.25, -0.2) is 0 Å². The van der Waals surface area contributed by atoms with E-state index in [4.69, 9.17) is 4.74 Å². The molecular formula is C20H26N3O3+. The smallest absolute Gasteiger partial charge is 0.279 e. The number of ether oxygens (including phenoxy) is 1. The predicted octanol–water partition coefficient (Wildman–Crippen LogP) is 1.02. The van der Waals surface area contributed by atoms with E-state index in [1.165, 1.54) is 0 Å². The summed E-state index contributed by atoms with van der Waals surface area (Å²) in [5, 5.41) is 5.42. The maximum atomic E-state index is 12.3. The third kappa shape index (κ3) is 5.32. The van der Waals surface area contributed by atoms with Crippen LogP contribution in [0.25, 0.3) is 0 Å². The lowest BCUT2D eigenvalue weighted by atomic mass is 10.1. The predicted molar refractivity (Wildman–Crippen MR) is 102 cm³/mol. The minimum absolute atomic E-state index is 0.0817. The summed E-state index contributed by atoms with van der Waals surface area (Å²) < 4.78 is 5.40. The van der Waals surface area contributed by atoms with Crippen LogP contribution in [-0.2, 0) is 11.3 Å². The first kappa shape index (κ1) is 19.5. The van der Waals surface area contributed by atoms with Crippen LogP contribution in [0.4, 0.5) is 5.69 Å². The molecule has 0 saturated heterocycles. The maximum Gasteiger partial charge on any atom is 0.279 e. The van der Waals surface area contributed by atoms with Gasteiger partial charge in [0.15, 0.2) is 6.54 Å². The van der Waals surface area contributed by atoms with E-state index < -0.39 is 0 Å². The summed E-state index contributed by atoms with van der Waals surface area (Å²) in [5.41, 5.74) is 3.46. The van der Waals surface area contributed by atoms with Gasteiger partial charge in [0.25, 0.3) is 11.8 Å². The zero-order chi connectivity index (χ0) is 19.1. The van der Waals surface area contributed by atoms with Gasteiger partial charge in [-0.15, -0.1) is 0 Å². The molecule has 1 unspecified atom stereocenters. The molecule has 2 amide bonds. The van der Waals surface area contributed by atoms with Crippen molar-refractivity contribution in [1.82, 2.24) is 5.32 Å². The summed E-state index contributed by atoms with van der Waals surface area (Å²) in [5.74, 6) is 0.598. The number of aryl methyl sites for hydroxylation is 1. The van der Waals surface area contributed by atoms with Gasteiger partial charge in [-0.3, -0.25) is 9.59 Å². The third-order valence-corrected chi connectivity index (χ3v) is 4.05. The highest BCUT2D eigenvalue weighted by atomic mass is 16.5. The number of benzene rings is 2. The monoisotopic (exact) mass is 356 g/mol. The Bertz CT molecular complexity index is 772. The zero-order valence-electron chi connectivity index (χ0n) is 15.7. The van der Waals surface area contributed by atoms with Crippen molar-refractivity contribution in [3.8, 4) is 5.75 Å². The molecule has 2 aromatic carbocycles. The molecule has 0 saturated carbocycles. The van der Waals surface area contributed by atoms with Crippen LogP contribution in [0, 0.1) is 6.92 Å². The highest BCUT2D eigenvalue weighted by molar-refractivity contribution is 5.95. The molecule has 6 nitrogen and oxygen atoms in total. The molecule has 0 aliphatic heterocycles. The minimum Gasteiger partial charge on any atom is -0.496 e. The molecule has 0 heterocycles. The van der Waals surface area contributed by atoms with Crippen LogP contribution in [0.3, 0.4) is 0 Å². The molecule has 26 heavy (non-hydrogen) atoms. The second-order valence-electron chi connectivity index (χ2n) is 6.33. The Morgan fingerprint density at radius 3 is 2.42 bits per heavy atom. The summed E-state index contributed by atoms with van der Waals surface area (Å²) >= 11 is 0. The van der Waals surface area contributed by atoms with Crippen molar-refractivity contribution in [1.29, 1.82) is 0 Å². The molecule has 0 fully saturated rings. The van der Waals surface area contributed by atoms with Crippen LogP contribution in [0.1, 0.15) is 21.5 Å². The Hall–Kier alpha value is -2.86. The van der Waals surface area contributed by atoms with Crippen LogP contribution in [0.2, 0.25) is 0 Å². The second-order valence-corrected chi connectivity index (χ2v) is 6.33. The van der Waals surface area contributed by atoms with E-state index in [-0.39, 0.29) is 11.8 Å². The number of hydrogen-bond donors (Lipinski definition) is 3. The van der Waals surface area contributed by atoms with Gasteiger partial charge < -0.3 is 20.3 Å². The standard InChI is InChI=1S/C20H25N3O3/c1-14-5-10-18(26-4)16(11-14)12-23(3)13-19(24)22-17-8-6-15(7-9-17)20(25)21-2/h5-11H,12-13H2,1-4H3,(H,21,25)(H,22,24)/p+1. The quantitative estimate of drug-likeness (QED) is 0.694. The molecule has 0 aromatic heterocycles. The number of quaternary nitrogens is 1. The van der Waals surface area contributed by atoms with Crippen molar-refractivity contribution in [3.63, 3.8) is 0 Å². The largest absolute Gasteiger partial charge is 0.496 e. The average Bonchev–Trinajstić information content (AvgIpc) is 2.61.